The van der Waals surface area contributed by atoms with Crippen LogP contribution in [0, 0.1) is 0 Å². The highest BCUT2D eigenvalue weighted by Gasteiger charge is 2.46. The molecule has 0 bridgehead atoms. The van der Waals surface area contributed by atoms with Gasteiger partial charge in [-0.15, -0.1) is 0 Å². The minimum Gasteiger partial charge on any atom is -0.491 e. The third-order valence-electron chi connectivity index (χ3n) is 7.49. The van der Waals surface area contributed by atoms with Crippen molar-refractivity contribution in [3.63, 3.8) is 0 Å². The number of rotatable bonds is 16. The Morgan fingerprint density at radius 2 is 0.884 bits per heavy atom. The second-order valence-corrected chi connectivity index (χ2v) is 11.9. The number of benzene rings is 4. The number of hydrogen-bond donors (Lipinski definition) is 0. The van der Waals surface area contributed by atoms with Crippen LogP contribution in [0.4, 0.5) is 0 Å². The predicted molar refractivity (Wildman–Crippen MR) is 176 cm³/mol. The molecular weight excluding hydrogens is 676 g/mol. The molecule has 0 radical (unpaired) electrons. The Balaban J connectivity index is 1.49. The molecule has 0 saturated carbocycles. The Hall–Kier alpha value is -2.72. The van der Waals surface area contributed by atoms with Crippen LogP contribution in [-0.4, -0.2) is 67.1 Å². The fourth-order valence-corrected chi connectivity index (χ4v) is 6.31. The summed E-state index contributed by atoms with van der Waals surface area (Å²) < 4.78 is 35.2. The highest BCUT2D eigenvalue weighted by atomic mass is 79.9. The summed E-state index contributed by atoms with van der Waals surface area (Å²) in [4.78, 5) is 0. The van der Waals surface area contributed by atoms with Crippen molar-refractivity contribution in [2.75, 3.05) is 67.1 Å². The third kappa shape index (κ3) is 7.17. The van der Waals surface area contributed by atoms with Crippen LogP contribution in [-0.2, 0) is 24.4 Å². The Bertz CT molecular complexity index is 1360. The molecule has 0 atom stereocenters. The molecule has 1 aliphatic rings. The van der Waals surface area contributed by atoms with Crippen molar-refractivity contribution in [3.05, 3.63) is 116 Å². The zero-order chi connectivity index (χ0) is 30.1. The van der Waals surface area contributed by atoms with Crippen molar-refractivity contribution in [2.24, 2.45) is 0 Å². The van der Waals surface area contributed by atoms with Gasteiger partial charge in [0.25, 0.3) is 0 Å². The lowest BCUT2D eigenvalue weighted by atomic mass is 9.67. The van der Waals surface area contributed by atoms with Gasteiger partial charge in [-0.1, -0.05) is 68.3 Å². The zero-order valence-electron chi connectivity index (χ0n) is 24.4. The summed E-state index contributed by atoms with van der Waals surface area (Å²) >= 11 is 7.51. The van der Waals surface area contributed by atoms with E-state index in [4.69, 9.17) is 28.4 Å². The Morgan fingerprint density at radius 3 is 1.28 bits per heavy atom. The van der Waals surface area contributed by atoms with E-state index in [-0.39, 0.29) is 0 Å². The topological polar surface area (TPSA) is 55.4 Å². The summed E-state index contributed by atoms with van der Waals surface area (Å²) in [6.07, 6.45) is 0. The van der Waals surface area contributed by atoms with Crippen LogP contribution in [0.15, 0.2) is 93.9 Å². The summed E-state index contributed by atoms with van der Waals surface area (Å²) in [5.74, 6) is 1.60. The van der Waals surface area contributed by atoms with E-state index in [0.717, 1.165) is 31.6 Å². The maximum atomic E-state index is 5.99. The number of methoxy groups -OCH3 is 2. The molecule has 4 aromatic rings. The largest absolute Gasteiger partial charge is 0.491 e. The summed E-state index contributed by atoms with van der Waals surface area (Å²) in [7, 11) is 3.33. The van der Waals surface area contributed by atoms with Gasteiger partial charge in [0.2, 0.25) is 0 Å². The van der Waals surface area contributed by atoms with Gasteiger partial charge in [-0.25, -0.2) is 0 Å². The molecule has 1 aliphatic carbocycles. The van der Waals surface area contributed by atoms with Crippen molar-refractivity contribution in [1.29, 1.82) is 0 Å². The monoisotopic (exact) mass is 710 g/mol. The van der Waals surface area contributed by atoms with E-state index in [9.17, 15) is 0 Å². The van der Waals surface area contributed by atoms with Gasteiger partial charge < -0.3 is 28.4 Å². The maximum Gasteiger partial charge on any atom is 0.119 e. The quantitative estimate of drug-likeness (QED) is 0.0981. The lowest BCUT2D eigenvalue weighted by Crippen LogP contribution is -2.28. The second-order valence-electron chi connectivity index (χ2n) is 10.1. The first-order valence-corrected chi connectivity index (χ1v) is 15.9. The van der Waals surface area contributed by atoms with Gasteiger partial charge in [-0.3, -0.25) is 0 Å². The molecule has 0 unspecified atom stereocenters. The van der Waals surface area contributed by atoms with E-state index in [1.807, 2.05) is 24.3 Å². The molecule has 6 nitrogen and oxygen atoms in total. The lowest BCUT2D eigenvalue weighted by molar-refractivity contribution is 0.0544. The first kappa shape index (κ1) is 31.7. The molecule has 0 aliphatic heterocycles. The van der Waals surface area contributed by atoms with Crippen molar-refractivity contribution in [2.45, 2.75) is 5.41 Å². The van der Waals surface area contributed by atoms with E-state index >= 15 is 0 Å². The van der Waals surface area contributed by atoms with Gasteiger partial charge in [0, 0.05) is 23.2 Å². The average Bonchev–Trinajstić information content (AvgIpc) is 3.30. The molecule has 226 valence electrons. The normalized spacial score (nSPS) is 13.0. The minimum atomic E-state index is -0.554. The molecular formula is C35H36Br2O6. The molecule has 0 spiro atoms. The Morgan fingerprint density at radius 1 is 0.488 bits per heavy atom. The van der Waals surface area contributed by atoms with Crippen molar-refractivity contribution in [3.8, 4) is 22.6 Å². The van der Waals surface area contributed by atoms with Crippen LogP contribution >= 0.6 is 31.9 Å². The summed E-state index contributed by atoms with van der Waals surface area (Å²) in [6.45, 7) is 4.20. The van der Waals surface area contributed by atoms with Crippen molar-refractivity contribution in [1.82, 2.24) is 0 Å². The fraction of sp³-hybridized carbons (Fsp3) is 0.314. The van der Waals surface area contributed by atoms with Crippen molar-refractivity contribution < 1.29 is 28.4 Å². The van der Waals surface area contributed by atoms with Crippen LogP contribution in [0.1, 0.15) is 22.3 Å². The van der Waals surface area contributed by atoms with E-state index in [2.05, 4.69) is 92.5 Å². The number of halogens is 2. The predicted octanol–water partition coefficient (Wildman–Crippen LogP) is 7.66. The number of ether oxygens (including phenoxy) is 6. The van der Waals surface area contributed by atoms with Gasteiger partial charge in [0.05, 0.1) is 45.1 Å². The molecule has 0 aromatic heterocycles. The van der Waals surface area contributed by atoms with E-state index in [1.165, 1.54) is 22.3 Å². The SMILES string of the molecule is COCCOCCOc1ccc(C2(c3ccc(OCCOCCOC)cc3)c3cc(Br)ccc3-c3ccc(Br)cc32)cc1. The summed E-state index contributed by atoms with van der Waals surface area (Å²) in [5.41, 5.74) is 6.61. The third-order valence-corrected chi connectivity index (χ3v) is 8.48. The second kappa shape index (κ2) is 15.3. The van der Waals surface area contributed by atoms with Gasteiger partial charge in [-0.05, 0) is 81.9 Å². The Labute approximate surface area is 270 Å². The van der Waals surface area contributed by atoms with E-state index in [0.29, 0.717) is 52.9 Å². The molecule has 43 heavy (non-hydrogen) atoms. The summed E-state index contributed by atoms with van der Waals surface area (Å²) in [6, 6.07) is 30.0. The van der Waals surface area contributed by atoms with Crippen LogP contribution in [0.3, 0.4) is 0 Å². The number of hydrogen-bond acceptors (Lipinski definition) is 6. The standard InChI is InChI=1S/C35H36Br2O6/c1-38-15-17-40-19-21-42-29-9-3-25(4-10-29)35(26-5-11-30(12-6-26)43-22-20-41-18-16-39-2)33-23-27(36)7-13-31(33)32-14-8-28(37)24-34(32)35/h3-14,23-24H,15-22H2,1-2H3. The molecule has 0 saturated heterocycles. The van der Waals surface area contributed by atoms with E-state index in [1.54, 1.807) is 14.2 Å². The van der Waals surface area contributed by atoms with Crippen LogP contribution in [0.2, 0.25) is 0 Å². The van der Waals surface area contributed by atoms with Gasteiger partial charge in [-0.2, -0.15) is 0 Å². The molecule has 0 amide bonds. The molecule has 0 N–H and O–H groups in total. The fourth-order valence-electron chi connectivity index (χ4n) is 5.58. The van der Waals surface area contributed by atoms with Crippen LogP contribution in [0.25, 0.3) is 11.1 Å². The highest BCUT2D eigenvalue weighted by Crippen LogP contribution is 2.57. The highest BCUT2D eigenvalue weighted by molar-refractivity contribution is 9.10. The summed E-state index contributed by atoms with van der Waals surface area (Å²) in [5, 5.41) is 0. The lowest BCUT2D eigenvalue weighted by Gasteiger charge is -2.34. The average molecular weight is 712 g/mol. The first-order chi connectivity index (χ1) is 21.1. The smallest absolute Gasteiger partial charge is 0.119 e. The van der Waals surface area contributed by atoms with Crippen LogP contribution in [0.5, 0.6) is 11.5 Å². The molecule has 0 heterocycles. The minimum absolute atomic E-state index is 0.471. The van der Waals surface area contributed by atoms with Gasteiger partial charge in [0.1, 0.15) is 24.7 Å². The maximum absolute atomic E-state index is 5.99. The zero-order valence-corrected chi connectivity index (χ0v) is 27.6. The van der Waals surface area contributed by atoms with Gasteiger partial charge in [0.15, 0.2) is 0 Å². The van der Waals surface area contributed by atoms with E-state index < -0.39 is 5.41 Å². The molecule has 5 rings (SSSR count). The molecule has 8 heteroatoms. The van der Waals surface area contributed by atoms with Gasteiger partial charge >= 0.3 is 0 Å². The Kier molecular flexibility index (Phi) is 11.3. The molecule has 4 aromatic carbocycles. The van der Waals surface area contributed by atoms with Crippen molar-refractivity contribution >= 4 is 31.9 Å². The number of fused-ring (bicyclic) bond motifs is 3. The molecule has 0 fully saturated rings. The van der Waals surface area contributed by atoms with Crippen LogP contribution < -0.4 is 9.47 Å². The first-order valence-electron chi connectivity index (χ1n) is 14.3.